The second kappa shape index (κ2) is 4.61. The Morgan fingerprint density at radius 3 is 2.53 bits per heavy atom. The highest BCUT2D eigenvalue weighted by molar-refractivity contribution is 6.32. The fraction of sp³-hybridized carbons (Fsp3) is 0. The molecule has 5 heteroatoms. The molecule has 0 aliphatic carbocycles. The van der Waals surface area contributed by atoms with Crippen LogP contribution in [0.3, 0.4) is 0 Å². The van der Waals surface area contributed by atoms with Gasteiger partial charge in [0.1, 0.15) is 0 Å². The van der Waals surface area contributed by atoms with Crippen LogP contribution in [0.2, 0.25) is 5.02 Å². The molecule has 0 fully saturated rings. The Morgan fingerprint density at radius 1 is 0.933 bits per heavy atom. The molecule has 2 aromatic rings. The van der Waals surface area contributed by atoms with Crippen molar-refractivity contribution < 1.29 is 0 Å². The standard InChI is InChI=1S/C10H7ClN4/c11-8-4-3-7-13-10(8)15-14-9-5-1-2-6-12-9/h1-7H. The average molecular weight is 219 g/mol. The van der Waals surface area contributed by atoms with Crippen LogP contribution in [0.1, 0.15) is 0 Å². The first-order valence-electron chi connectivity index (χ1n) is 4.29. The SMILES string of the molecule is Clc1cccnc1N=Nc1ccccn1. The van der Waals surface area contributed by atoms with Crippen LogP contribution < -0.4 is 0 Å². The molecule has 15 heavy (non-hydrogen) atoms. The molecular weight excluding hydrogens is 212 g/mol. The van der Waals surface area contributed by atoms with Gasteiger partial charge in [0.25, 0.3) is 0 Å². The van der Waals surface area contributed by atoms with E-state index in [1.54, 1.807) is 30.6 Å². The molecule has 0 unspecified atom stereocenters. The quantitative estimate of drug-likeness (QED) is 0.724. The van der Waals surface area contributed by atoms with Gasteiger partial charge in [-0.3, -0.25) is 0 Å². The lowest BCUT2D eigenvalue weighted by Crippen LogP contribution is -1.73. The Morgan fingerprint density at radius 2 is 1.80 bits per heavy atom. The van der Waals surface area contributed by atoms with Gasteiger partial charge in [0, 0.05) is 12.4 Å². The summed E-state index contributed by atoms with van der Waals surface area (Å²) in [5.74, 6) is 0.920. The van der Waals surface area contributed by atoms with Crippen LogP contribution in [-0.4, -0.2) is 9.97 Å². The van der Waals surface area contributed by atoms with Crippen molar-refractivity contribution in [2.45, 2.75) is 0 Å². The Hall–Kier alpha value is -1.81. The molecule has 0 saturated heterocycles. The van der Waals surface area contributed by atoms with Gasteiger partial charge in [0.15, 0.2) is 11.6 Å². The third-order valence-corrected chi connectivity index (χ3v) is 1.93. The lowest BCUT2D eigenvalue weighted by Gasteiger charge is -1.93. The minimum atomic E-state index is 0.393. The molecule has 0 atom stereocenters. The van der Waals surface area contributed by atoms with Gasteiger partial charge in [0.05, 0.1) is 5.02 Å². The summed E-state index contributed by atoms with van der Waals surface area (Å²) in [6.07, 6.45) is 3.26. The van der Waals surface area contributed by atoms with Crippen molar-refractivity contribution in [2.75, 3.05) is 0 Å². The van der Waals surface area contributed by atoms with Crippen LogP contribution in [0.5, 0.6) is 0 Å². The second-order valence-electron chi connectivity index (χ2n) is 2.70. The van der Waals surface area contributed by atoms with E-state index >= 15 is 0 Å². The van der Waals surface area contributed by atoms with E-state index in [1.165, 1.54) is 0 Å². The minimum absolute atomic E-state index is 0.393. The Balaban J connectivity index is 2.23. The highest BCUT2D eigenvalue weighted by atomic mass is 35.5. The molecule has 0 saturated carbocycles. The molecular formula is C10H7ClN4. The van der Waals surface area contributed by atoms with E-state index in [1.807, 2.05) is 12.1 Å². The maximum Gasteiger partial charge on any atom is 0.193 e. The predicted molar refractivity (Wildman–Crippen MR) is 57.7 cm³/mol. The van der Waals surface area contributed by atoms with Crippen molar-refractivity contribution in [3.63, 3.8) is 0 Å². The van der Waals surface area contributed by atoms with Gasteiger partial charge in [0.2, 0.25) is 0 Å². The first-order chi connectivity index (χ1) is 7.36. The van der Waals surface area contributed by atoms with Crippen LogP contribution in [0, 0.1) is 0 Å². The molecule has 2 aromatic heterocycles. The molecule has 4 nitrogen and oxygen atoms in total. The van der Waals surface area contributed by atoms with E-state index < -0.39 is 0 Å². The zero-order chi connectivity index (χ0) is 10.5. The third-order valence-electron chi connectivity index (χ3n) is 1.64. The van der Waals surface area contributed by atoms with Crippen molar-refractivity contribution in [1.82, 2.24) is 9.97 Å². The molecule has 0 aliphatic heterocycles. The topological polar surface area (TPSA) is 50.5 Å². The van der Waals surface area contributed by atoms with Gasteiger partial charge in [-0.1, -0.05) is 17.7 Å². The summed E-state index contributed by atoms with van der Waals surface area (Å²) in [4.78, 5) is 7.97. The van der Waals surface area contributed by atoms with Crippen molar-refractivity contribution >= 4 is 23.2 Å². The summed E-state index contributed by atoms with van der Waals surface area (Å²) in [5.41, 5.74) is 0. The van der Waals surface area contributed by atoms with E-state index in [9.17, 15) is 0 Å². The third kappa shape index (κ3) is 2.57. The average Bonchev–Trinajstić information content (AvgIpc) is 2.29. The van der Waals surface area contributed by atoms with Crippen LogP contribution in [0.15, 0.2) is 53.0 Å². The summed E-state index contributed by atoms with van der Waals surface area (Å²) in [5, 5.41) is 8.27. The normalized spacial score (nSPS) is 10.7. The lowest BCUT2D eigenvalue weighted by molar-refractivity contribution is 1.11. The van der Waals surface area contributed by atoms with Crippen LogP contribution in [0.25, 0.3) is 0 Å². The minimum Gasteiger partial charge on any atom is -0.236 e. The van der Waals surface area contributed by atoms with Crippen molar-refractivity contribution in [3.8, 4) is 0 Å². The summed E-state index contributed by atoms with van der Waals surface area (Å²) in [6.45, 7) is 0. The molecule has 0 spiro atoms. The number of pyridine rings is 2. The number of nitrogens with zero attached hydrogens (tertiary/aromatic N) is 4. The van der Waals surface area contributed by atoms with E-state index in [0.717, 1.165) is 0 Å². The summed E-state index contributed by atoms with van der Waals surface area (Å²) in [6, 6.07) is 8.85. The maximum atomic E-state index is 5.85. The lowest BCUT2D eigenvalue weighted by atomic mass is 10.5. The largest absolute Gasteiger partial charge is 0.236 e. The number of rotatable bonds is 2. The van der Waals surface area contributed by atoms with Crippen LogP contribution >= 0.6 is 11.6 Å². The van der Waals surface area contributed by atoms with Crippen molar-refractivity contribution in [1.29, 1.82) is 0 Å². The molecule has 0 bridgehead atoms. The molecule has 0 aliphatic rings. The molecule has 0 aromatic carbocycles. The first-order valence-corrected chi connectivity index (χ1v) is 4.67. The monoisotopic (exact) mass is 218 g/mol. The van der Waals surface area contributed by atoms with E-state index in [-0.39, 0.29) is 0 Å². The molecule has 0 amide bonds. The zero-order valence-corrected chi connectivity index (χ0v) is 8.46. The van der Waals surface area contributed by atoms with E-state index in [0.29, 0.717) is 16.7 Å². The maximum absolute atomic E-state index is 5.85. The Labute approximate surface area is 91.7 Å². The fourth-order valence-corrected chi connectivity index (χ4v) is 1.12. The zero-order valence-electron chi connectivity index (χ0n) is 7.71. The highest BCUT2D eigenvalue weighted by Gasteiger charge is 1.97. The van der Waals surface area contributed by atoms with Crippen LogP contribution in [0.4, 0.5) is 11.6 Å². The predicted octanol–water partition coefficient (Wildman–Crippen LogP) is 3.55. The van der Waals surface area contributed by atoms with E-state index in [4.69, 9.17) is 11.6 Å². The first kappa shape index (κ1) is 9.73. The molecule has 0 radical (unpaired) electrons. The number of halogens is 1. The van der Waals surface area contributed by atoms with Crippen LogP contribution in [-0.2, 0) is 0 Å². The Bertz CT molecular complexity index is 470. The smallest absolute Gasteiger partial charge is 0.193 e. The fourth-order valence-electron chi connectivity index (χ4n) is 0.962. The molecule has 2 heterocycles. The Kier molecular flexibility index (Phi) is 2.99. The molecule has 0 N–H and O–H groups in total. The molecule has 74 valence electrons. The number of azo groups is 1. The van der Waals surface area contributed by atoms with Gasteiger partial charge in [-0.05, 0) is 24.3 Å². The summed E-state index contributed by atoms with van der Waals surface area (Å²) >= 11 is 5.85. The summed E-state index contributed by atoms with van der Waals surface area (Å²) in [7, 11) is 0. The molecule has 2 rings (SSSR count). The van der Waals surface area contributed by atoms with Gasteiger partial charge < -0.3 is 0 Å². The number of aromatic nitrogens is 2. The number of hydrogen-bond donors (Lipinski definition) is 0. The van der Waals surface area contributed by atoms with Gasteiger partial charge >= 0.3 is 0 Å². The van der Waals surface area contributed by atoms with Gasteiger partial charge in [-0.2, -0.15) is 0 Å². The highest BCUT2D eigenvalue weighted by Crippen LogP contribution is 2.22. The van der Waals surface area contributed by atoms with Gasteiger partial charge in [-0.15, -0.1) is 10.2 Å². The van der Waals surface area contributed by atoms with Crippen molar-refractivity contribution in [3.05, 3.63) is 47.7 Å². The summed E-state index contributed by atoms with van der Waals surface area (Å²) < 4.78 is 0. The second-order valence-corrected chi connectivity index (χ2v) is 3.10. The number of hydrogen-bond acceptors (Lipinski definition) is 4. The van der Waals surface area contributed by atoms with E-state index in [2.05, 4.69) is 20.2 Å². The van der Waals surface area contributed by atoms with Crippen molar-refractivity contribution in [2.24, 2.45) is 10.2 Å². The van der Waals surface area contributed by atoms with Gasteiger partial charge in [-0.25, -0.2) is 9.97 Å².